The first kappa shape index (κ1) is 18.5. The molecule has 0 aliphatic carbocycles. The molecule has 1 unspecified atom stereocenters. The zero-order chi connectivity index (χ0) is 17.7. The van der Waals surface area contributed by atoms with E-state index in [1.165, 1.54) is 4.90 Å². The zero-order valence-corrected chi connectivity index (χ0v) is 15.6. The molecule has 7 heteroatoms. The molecule has 0 aromatic heterocycles. The number of nitrogens with zero attached hydrogens (tertiary/aromatic N) is 1. The Morgan fingerprint density at radius 1 is 1.29 bits per heavy atom. The Hall–Kier alpha value is -1.86. The van der Waals surface area contributed by atoms with Crippen LogP contribution in [0.15, 0.2) is 40.0 Å². The van der Waals surface area contributed by atoms with E-state index >= 15 is 0 Å². The van der Waals surface area contributed by atoms with Crippen LogP contribution in [0.5, 0.6) is 0 Å². The molecule has 0 saturated carbocycles. The van der Waals surface area contributed by atoms with E-state index in [9.17, 15) is 9.59 Å². The lowest BCUT2D eigenvalue weighted by molar-refractivity contribution is -0.140. The van der Waals surface area contributed by atoms with E-state index in [0.717, 1.165) is 10.0 Å². The largest absolute Gasteiger partial charge is 0.460 e. The maximum Gasteiger partial charge on any atom is 0.338 e. The van der Waals surface area contributed by atoms with Crippen molar-refractivity contribution >= 4 is 27.9 Å². The summed E-state index contributed by atoms with van der Waals surface area (Å²) in [5.41, 5.74) is 1.87. The second-order valence-electron chi connectivity index (χ2n) is 5.31. The Labute approximate surface area is 149 Å². The maximum atomic E-state index is 12.6. The molecule has 2 amide bonds. The second-order valence-corrected chi connectivity index (χ2v) is 6.22. The van der Waals surface area contributed by atoms with Crippen LogP contribution in [0.1, 0.15) is 25.5 Å². The fraction of sp³-hybridized carbons (Fsp3) is 0.412. The predicted molar refractivity (Wildman–Crippen MR) is 93.3 cm³/mol. The number of methoxy groups -OCH3 is 1. The predicted octanol–water partition coefficient (Wildman–Crippen LogP) is 3.00. The molecule has 0 spiro atoms. The monoisotopic (exact) mass is 396 g/mol. The van der Waals surface area contributed by atoms with Gasteiger partial charge in [0.15, 0.2) is 0 Å². The summed E-state index contributed by atoms with van der Waals surface area (Å²) < 4.78 is 11.1. The summed E-state index contributed by atoms with van der Waals surface area (Å²) >= 11 is 3.39. The van der Waals surface area contributed by atoms with Crippen LogP contribution in [0.4, 0.5) is 4.79 Å². The lowest BCUT2D eigenvalue weighted by Crippen LogP contribution is -2.47. The average molecular weight is 397 g/mol. The number of ether oxygens (including phenoxy) is 2. The molecule has 24 heavy (non-hydrogen) atoms. The van der Waals surface area contributed by atoms with Crippen molar-refractivity contribution in [1.29, 1.82) is 0 Å². The molecule has 1 aliphatic rings. The fourth-order valence-electron chi connectivity index (χ4n) is 2.63. The number of esters is 1. The van der Waals surface area contributed by atoms with Crippen LogP contribution in [-0.4, -0.2) is 43.8 Å². The van der Waals surface area contributed by atoms with E-state index in [0.29, 0.717) is 24.4 Å². The van der Waals surface area contributed by atoms with Crippen LogP contribution >= 0.6 is 15.9 Å². The third-order valence-corrected chi connectivity index (χ3v) is 4.39. The average Bonchev–Trinajstić information content (AvgIpc) is 2.55. The Bertz CT molecular complexity index is 642. The zero-order valence-electron chi connectivity index (χ0n) is 14.0. The summed E-state index contributed by atoms with van der Waals surface area (Å²) in [6, 6.07) is 6.71. The first-order chi connectivity index (χ1) is 11.5. The topological polar surface area (TPSA) is 67.9 Å². The van der Waals surface area contributed by atoms with Crippen LogP contribution in [-0.2, 0) is 14.3 Å². The number of carbonyl (C=O) groups is 2. The highest BCUT2D eigenvalue weighted by Gasteiger charge is 2.35. The highest BCUT2D eigenvalue weighted by atomic mass is 79.9. The number of hydrogen-bond donors (Lipinski definition) is 1. The molecule has 1 atom stereocenters. The second kappa shape index (κ2) is 8.30. The van der Waals surface area contributed by atoms with Gasteiger partial charge in [0.25, 0.3) is 0 Å². The van der Waals surface area contributed by atoms with Gasteiger partial charge in [-0.2, -0.15) is 0 Å². The van der Waals surface area contributed by atoms with Gasteiger partial charge in [-0.3, -0.25) is 4.90 Å². The molecule has 1 aromatic rings. The number of hydrogen-bond acceptors (Lipinski definition) is 4. The Morgan fingerprint density at radius 3 is 2.54 bits per heavy atom. The summed E-state index contributed by atoms with van der Waals surface area (Å²) in [5.74, 6) is -0.448. The van der Waals surface area contributed by atoms with Gasteiger partial charge in [0.05, 0.1) is 18.2 Å². The lowest BCUT2D eigenvalue weighted by Gasteiger charge is -2.34. The first-order valence-electron chi connectivity index (χ1n) is 7.69. The quantitative estimate of drug-likeness (QED) is 0.592. The van der Waals surface area contributed by atoms with E-state index < -0.39 is 12.0 Å². The van der Waals surface area contributed by atoms with Crippen molar-refractivity contribution in [3.8, 4) is 0 Å². The molecule has 6 nitrogen and oxygen atoms in total. The Morgan fingerprint density at radius 2 is 1.96 bits per heavy atom. The summed E-state index contributed by atoms with van der Waals surface area (Å²) in [6.07, 6.45) is 0. The molecular weight excluding hydrogens is 376 g/mol. The smallest absolute Gasteiger partial charge is 0.338 e. The molecule has 1 aromatic carbocycles. The van der Waals surface area contributed by atoms with Crippen molar-refractivity contribution in [1.82, 2.24) is 10.2 Å². The molecule has 1 heterocycles. The van der Waals surface area contributed by atoms with Gasteiger partial charge < -0.3 is 14.8 Å². The number of carbonyl (C=O) groups excluding carboxylic acids is 2. The van der Waals surface area contributed by atoms with Gasteiger partial charge in [-0.1, -0.05) is 28.1 Å². The first-order valence-corrected chi connectivity index (χ1v) is 8.49. The van der Waals surface area contributed by atoms with Gasteiger partial charge in [-0.15, -0.1) is 0 Å². The number of halogens is 1. The van der Waals surface area contributed by atoms with Crippen molar-refractivity contribution in [3.63, 3.8) is 0 Å². The van der Waals surface area contributed by atoms with Gasteiger partial charge in [-0.25, -0.2) is 9.59 Å². The van der Waals surface area contributed by atoms with Crippen molar-refractivity contribution in [2.45, 2.75) is 19.9 Å². The van der Waals surface area contributed by atoms with Crippen molar-refractivity contribution < 1.29 is 19.1 Å². The molecular formula is C17H21BrN2O4. The fourth-order valence-corrected chi connectivity index (χ4v) is 2.89. The Kier molecular flexibility index (Phi) is 6.39. The lowest BCUT2D eigenvalue weighted by atomic mass is 9.95. The number of rotatable bonds is 6. The van der Waals surface area contributed by atoms with E-state index in [2.05, 4.69) is 21.2 Å². The molecule has 1 aliphatic heterocycles. The van der Waals surface area contributed by atoms with Gasteiger partial charge in [0, 0.05) is 23.8 Å². The molecule has 0 fully saturated rings. The van der Waals surface area contributed by atoms with Crippen LogP contribution < -0.4 is 5.32 Å². The summed E-state index contributed by atoms with van der Waals surface area (Å²) in [7, 11) is 1.54. The van der Waals surface area contributed by atoms with Gasteiger partial charge in [-0.05, 0) is 31.5 Å². The van der Waals surface area contributed by atoms with Gasteiger partial charge in [0.1, 0.15) is 6.61 Å². The van der Waals surface area contributed by atoms with E-state index in [1.807, 2.05) is 31.2 Å². The minimum atomic E-state index is -0.538. The number of nitrogens with one attached hydrogen (secondary N) is 1. The highest BCUT2D eigenvalue weighted by molar-refractivity contribution is 9.10. The third-order valence-electron chi connectivity index (χ3n) is 3.86. The van der Waals surface area contributed by atoms with Crippen LogP contribution in [0.3, 0.4) is 0 Å². The van der Waals surface area contributed by atoms with E-state index in [-0.39, 0.29) is 12.6 Å². The normalized spacial score (nSPS) is 17.8. The van der Waals surface area contributed by atoms with Crippen LogP contribution in [0.2, 0.25) is 0 Å². The Balaban J connectivity index is 2.39. The molecule has 1 N–H and O–H groups in total. The maximum absolute atomic E-state index is 12.6. The van der Waals surface area contributed by atoms with Crippen LogP contribution in [0, 0.1) is 0 Å². The van der Waals surface area contributed by atoms with Crippen LogP contribution in [0.25, 0.3) is 0 Å². The molecule has 0 bridgehead atoms. The summed E-state index contributed by atoms with van der Waals surface area (Å²) in [5, 5.41) is 2.89. The number of benzene rings is 1. The van der Waals surface area contributed by atoms with E-state index in [4.69, 9.17) is 9.47 Å². The number of urea groups is 1. The highest BCUT2D eigenvalue weighted by Crippen LogP contribution is 2.31. The minimum absolute atomic E-state index is 0.166. The van der Waals surface area contributed by atoms with Crippen molar-refractivity contribution in [2.75, 3.05) is 26.9 Å². The summed E-state index contributed by atoms with van der Waals surface area (Å²) in [4.78, 5) is 26.4. The molecule has 2 rings (SSSR count). The van der Waals surface area contributed by atoms with E-state index in [1.54, 1.807) is 14.0 Å². The molecule has 0 saturated heterocycles. The SMILES string of the molecule is CCN1C(=O)NC(c2ccc(Br)cc2)C(C(=O)OCCOC)=C1C. The minimum Gasteiger partial charge on any atom is -0.460 e. The third kappa shape index (κ3) is 3.96. The van der Waals surface area contributed by atoms with Crippen molar-refractivity contribution in [2.24, 2.45) is 0 Å². The number of amides is 2. The number of allylic oxidation sites excluding steroid dienone is 1. The molecule has 0 radical (unpaired) electrons. The summed E-state index contributed by atoms with van der Waals surface area (Å²) in [6.45, 7) is 4.58. The van der Waals surface area contributed by atoms with Gasteiger partial charge in [0.2, 0.25) is 0 Å². The van der Waals surface area contributed by atoms with Crippen molar-refractivity contribution in [3.05, 3.63) is 45.6 Å². The van der Waals surface area contributed by atoms with Gasteiger partial charge >= 0.3 is 12.0 Å². The molecule has 130 valence electrons. The standard InChI is InChI=1S/C17H21BrN2O4/c1-4-20-11(2)14(16(21)24-10-9-23-3)15(19-17(20)22)12-5-7-13(18)8-6-12/h5-8,15H,4,9-10H2,1-3H3,(H,19,22).